The molecule has 1 aromatic heterocycles. The van der Waals surface area contributed by atoms with Crippen LogP contribution in [0.4, 0.5) is 0 Å². The number of likely N-dealkylation sites (tertiary alicyclic amines) is 1. The van der Waals surface area contributed by atoms with Gasteiger partial charge in [0.05, 0.1) is 18.0 Å². The van der Waals surface area contributed by atoms with Gasteiger partial charge in [0.15, 0.2) is 0 Å². The van der Waals surface area contributed by atoms with Gasteiger partial charge in [0, 0.05) is 26.7 Å². The Balaban J connectivity index is 1.90. The minimum atomic E-state index is 0.218. The molecule has 0 aliphatic carbocycles. The second-order valence-electron chi connectivity index (χ2n) is 3.89. The summed E-state index contributed by atoms with van der Waals surface area (Å²) in [7, 11) is 1.76. The van der Waals surface area contributed by atoms with Gasteiger partial charge in [-0.1, -0.05) is 0 Å². The summed E-state index contributed by atoms with van der Waals surface area (Å²) in [5, 5.41) is 9.10. The molecule has 4 heteroatoms. The van der Waals surface area contributed by atoms with Gasteiger partial charge >= 0.3 is 0 Å². The van der Waals surface area contributed by atoms with E-state index >= 15 is 0 Å². The maximum absolute atomic E-state index is 9.10. The highest BCUT2D eigenvalue weighted by Crippen LogP contribution is 2.15. The fourth-order valence-corrected chi connectivity index (χ4v) is 1.87. The number of pyridine rings is 1. The maximum atomic E-state index is 9.10. The molecule has 0 radical (unpaired) electrons. The lowest BCUT2D eigenvalue weighted by molar-refractivity contribution is 0.107. The lowest BCUT2D eigenvalue weighted by Gasteiger charge is -2.14. The molecule has 0 amide bonds. The number of hydrogen-bond donors (Lipinski definition) is 1. The van der Waals surface area contributed by atoms with Crippen LogP contribution in [-0.4, -0.2) is 41.3 Å². The van der Waals surface area contributed by atoms with Crippen LogP contribution in [0.1, 0.15) is 12.1 Å². The van der Waals surface area contributed by atoms with Crippen LogP contribution in [-0.2, 0) is 11.3 Å². The number of methoxy groups -OCH3 is 1. The van der Waals surface area contributed by atoms with E-state index in [9.17, 15) is 0 Å². The Morgan fingerprint density at radius 3 is 3.07 bits per heavy atom. The number of hydrogen-bond acceptors (Lipinski definition) is 4. The molecular weight excluding hydrogens is 192 g/mol. The molecule has 0 bridgehead atoms. The van der Waals surface area contributed by atoms with Crippen molar-refractivity contribution >= 4 is 0 Å². The molecule has 2 rings (SSSR count). The van der Waals surface area contributed by atoms with Crippen molar-refractivity contribution in [2.24, 2.45) is 0 Å². The third kappa shape index (κ3) is 2.67. The molecule has 15 heavy (non-hydrogen) atoms. The number of nitrogens with zero attached hydrogens (tertiary/aromatic N) is 2. The molecule has 1 saturated heterocycles. The number of aromatic nitrogens is 1. The lowest BCUT2D eigenvalue weighted by atomic mass is 10.3. The molecule has 1 atom stereocenters. The smallest absolute Gasteiger partial charge is 0.133 e. The molecule has 1 aromatic rings. The van der Waals surface area contributed by atoms with Crippen molar-refractivity contribution in [1.29, 1.82) is 0 Å². The van der Waals surface area contributed by atoms with Crippen LogP contribution < -0.4 is 0 Å². The highest BCUT2D eigenvalue weighted by molar-refractivity contribution is 5.17. The topological polar surface area (TPSA) is 45.6 Å². The largest absolute Gasteiger partial charge is 0.506 e. The quantitative estimate of drug-likeness (QED) is 0.805. The Bertz CT molecular complexity index is 313. The molecule has 1 fully saturated rings. The van der Waals surface area contributed by atoms with Crippen molar-refractivity contribution in [2.45, 2.75) is 19.1 Å². The Morgan fingerprint density at radius 1 is 1.60 bits per heavy atom. The molecule has 1 aliphatic heterocycles. The SMILES string of the molecule is COC1CCN(Cc2ccc(O)cn2)C1. The fourth-order valence-electron chi connectivity index (χ4n) is 1.87. The van der Waals surface area contributed by atoms with Crippen LogP contribution in [0.25, 0.3) is 0 Å². The second kappa shape index (κ2) is 4.59. The van der Waals surface area contributed by atoms with Gasteiger partial charge in [-0.2, -0.15) is 0 Å². The van der Waals surface area contributed by atoms with Gasteiger partial charge in [-0.15, -0.1) is 0 Å². The van der Waals surface area contributed by atoms with Crippen molar-refractivity contribution in [1.82, 2.24) is 9.88 Å². The Kier molecular flexibility index (Phi) is 3.18. The molecule has 2 heterocycles. The normalized spacial score (nSPS) is 22.1. The van der Waals surface area contributed by atoms with Gasteiger partial charge in [0.25, 0.3) is 0 Å². The molecule has 82 valence electrons. The summed E-state index contributed by atoms with van der Waals surface area (Å²) in [5.41, 5.74) is 0.990. The number of aromatic hydroxyl groups is 1. The van der Waals surface area contributed by atoms with Gasteiger partial charge in [-0.3, -0.25) is 9.88 Å². The van der Waals surface area contributed by atoms with Gasteiger partial charge in [-0.25, -0.2) is 0 Å². The fraction of sp³-hybridized carbons (Fsp3) is 0.545. The monoisotopic (exact) mass is 208 g/mol. The highest BCUT2D eigenvalue weighted by Gasteiger charge is 2.21. The summed E-state index contributed by atoms with van der Waals surface area (Å²) in [4.78, 5) is 6.47. The molecule has 4 nitrogen and oxygen atoms in total. The molecule has 1 aliphatic rings. The van der Waals surface area contributed by atoms with E-state index in [1.807, 2.05) is 6.07 Å². The van der Waals surface area contributed by atoms with Crippen molar-refractivity contribution in [3.63, 3.8) is 0 Å². The summed E-state index contributed by atoms with van der Waals surface area (Å²) in [6.45, 7) is 2.86. The third-order valence-corrected chi connectivity index (χ3v) is 2.76. The van der Waals surface area contributed by atoms with Crippen molar-refractivity contribution in [3.8, 4) is 5.75 Å². The van der Waals surface area contributed by atoms with E-state index in [1.54, 1.807) is 13.2 Å². The van der Waals surface area contributed by atoms with Gasteiger partial charge in [-0.05, 0) is 18.6 Å². The van der Waals surface area contributed by atoms with E-state index in [1.165, 1.54) is 6.20 Å². The molecule has 1 N–H and O–H groups in total. The minimum absolute atomic E-state index is 0.218. The lowest BCUT2D eigenvalue weighted by Crippen LogP contribution is -2.22. The summed E-state index contributed by atoms with van der Waals surface area (Å²) in [6.07, 6.45) is 2.94. The molecule has 1 unspecified atom stereocenters. The second-order valence-corrected chi connectivity index (χ2v) is 3.89. The maximum Gasteiger partial charge on any atom is 0.133 e. The van der Waals surface area contributed by atoms with Crippen LogP contribution in [0.5, 0.6) is 5.75 Å². The zero-order chi connectivity index (χ0) is 10.7. The molecular formula is C11H16N2O2. The average molecular weight is 208 g/mol. The average Bonchev–Trinajstić information content (AvgIpc) is 2.69. The van der Waals surface area contributed by atoms with E-state index in [0.29, 0.717) is 6.10 Å². The Morgan fingerprint density at radius 2 is 2.47 bits per heavy atom. The summed E-state index contributed by atoms with van der Waals surface area (Å²) in [6, 6.07) is 3.53. The first-order valence-corrected chi connectivity index (χ1v) is 5.17. The Labute approximate surface area is 89.5 Å². The van der Waals surface area contributed by atoms with Crippen LogP contribution >= 0.6 is 0 Å². The predicted octanol–water partition coefficient (Wildman–Crippen LogP) is 1.01. The summed E-state index contributed by atoms with van der Waals surface area (Å²) in [5.74, 6) is 0.218. The van der Waals surface area contributed by atoms with Crippen LogP contribution in [0.15, 0.2) is 18.3 Å². The van der Waals surface area contributed by atoms with E-state index in [-0.39, 0.29) is 5.75 Å². The summed E-state index contributed by atoms with van der Waals surface area (Å²) >= 11 is 0. The van der Waals surface area contributed by atoms with Gasteiger partial charge in [0.1, 0.15) is 5.75 Å². The third-order valence-electron chi connectivity index (χ3n) is 2.76. The van der Waals surface area contributed by atoms with Crippen molar-refractivity contribution in [2.75, 3.05) is 20.2 Å². The highest BCUT2D eigenvalue weighted by atomic mass is 16.5. The first-order chi connectivity index (χ1) is 7.28. The van der Waals surface area contributed by atoms with Crippen molar-refractivity contribution in [3.05, 3.63) is 24.0 Å². The first-order valence-electron chi connectivity index (χ1n) is 5.17. The predicted molar refractivity (Wildman–Crippen MR) is 56.6 cm³/mol. The van der Waals surface area contributed by atoms with Gasteiger partial charge in [0.2, 0.25) is 0 Å². The summed E-state index contributed by atoms with van der Waals surface area (Å²) < 4.78 is 5.30. The minimum Gasteiger partial charge on any atom is -0.506 e. The van der Waals surface area contributed by atoms with E-state index < -0.39 is 0 Å². The van der Waals surface area contributed by atoms with Crippen molar-refractivity contribution < 1.29 is 9.84 Å². The zero-order valence-corrected chi connectivity index (χ0v) is 8.89. The standard InChI is InChI=1S/C11H16N2O2/c1-15-11-4-5-13(8-11)7-9-2-3-10(14)6-12-9/h2-3,6,11,14H,4-5,7-8H2,1H3. The van der Waals surface area contributed by atoms with E-state index in [4.69, 9.17) is 9.84 Å². The molecule has 0 saturated carbocycles. The molecule has 0 aromatic carbocycles. The number of ether oxygens (including phenoxy) is 1. The number of rotatable bonds is 3. The first kappa shape index (κ1) is 10.4. The van der Waals surface area contributed by atoms with E-state index in [2.05, 4.69) is 9.88 Å². The van der Waals surface area contributed by atoms with Crippen LogP contribution in [0.3, 0.4) is 0 Å². The van der Waals surface area contributed by atoms with Crippen LogP contribution in [0.2, 0.25) is 0 Å². The Hall–Kier alpha value is -1.13. The molecule has 0 spiro atoms. The van der Waals surface area contributed by atoms with Crippen LogP contribution in [0, 0.1) is 0 Å². The van der Waals surface area contributed by atoms with Gasteiger partial charge < -0.3 is 9.84 Å². The zero-order valence-electron chi connectivity index (χ0n) is 8.89. The van der Waals surface area contributed by atoms with E-state index in [0.717, 1.165) is 31.7 Å².